The van der Waals surface area contributed by atoms with Gasteiger partial charge in [-0.2, -0.15) is 0 Å². The summed E-state index contributed by atoms with van der Waals surface area (Å²) < 4.78 is 0. The fourth-order valence-corrected chi connectivity index (χ4v) is 3.75. The molecular formula is C19H28N2O. The molecule has 2 aliphatic rings. The SMILES string of the molecule is Cc1cccc(CCN2CCC(C(=O)N3CCCC3)CC2)c1. The number of benzene rings is 1. The van der Waals surface area contributed by atoms with E-state index in [4.69, 9.17) is 0 Å². The standard InChI is InChI=1S/C19H28N2O/c1-16-5-4-6-17(15-16)7-12-20-13-8-18(9-14-20)19(22)21-10-2-3-11-21/h4-6,15,18H,2-3,7-14H2,1H3. The van der Waals surface area contributed by atoms with Gasteiger partial charge in [-0.3, -0.25) is 4.79 Å². The molecule has 0 N–H and O–H groups in total. The Bertz CT molecular complexity index is 500. The van der Waals surface area contributed by atoms with Crippen molar-refractivity contribution in [1.29, 1.82) is 0 Å². The number of hydrogen-bond acceptors (Lipinski definition) is 2. The monoisotopic (exact) mass is 300 g/mol. The fourth-order valence-electron chi connectivity index (χ4n) is 3.75. The first kappa shape index (κ1) is 15.5. The Balaban J connectivity index is 1.42. The third kappa shape index (κ3) is 3.89. The van der Waals surface area contributed by atoms with E-state index in [1.165, 1.54) is 24.0 Å². The van der Waals surface area contributed by atoms with Gasteiger partial charge >= 0.3 is 0 Å². The lowest BCUT2D eigenvalue weighted by molar-refractivity contribution is -0.135. The van der Waals surface area contributed by atoms with Crippen molar-refractivity contribution in [3.05, 3.63) is 35.4 Å². The third-order valence-corrected chi connectivity index (χ3v) is 5.15. The molecule has 0 spiro atoms. The van der Waals surface area contributed by atoms with Crippen molar-refractivity contribution in [2.75, 3.05) is 32.7 Å². The van der Waals surface area contributed by atoms with Gasteiger partial charge in [0.05, 0.1) is 0 Å². The van der Waals surface area contributed by atoms with E-state index >= 15 is 0 Å². The molecule has 1 aromatic rings. The van der Waals surface area contributed by atoms with E-state index in [1.54, 1.807) is 0 Å². The quantitative estimate of drug-likeness (QED) is 0.853. The Morgan fingerprint density at radius 3 is 2.55 bits per heavy atom. The highest BCUT2D eigenvalue weighted by molar-refractivity contribution is 5.79. The van der Waals surface area contributed by atoms with Gasteiger partial charge in [-0.1, -0.05) is 29.8 Å². The zero-order valence-electron chi connectivity index (χ0n) is 13.8. The lowest BCUT2D eigenvalue weighted by Gasteiger charge is -2.33. The number of piperidine rings is 1. The molecular weight excluding hydrogens is 272 g/mol. The van der Waals surface area contributed by atoms with Crippen LogP contribution in [-0.4, -0.2) is 48.4 Å². The maximum atomic E-state index is 12.4. The summed E-state index contributed by atoms with van der Waals surface area (Å²) in [5.41, 5.74) is 2.77. The number of rotatable bonds is 4. The van der Waals surface area contributed by atoms with Crippen LogP contribution in [0.15, 0.2) is 24.3 Å². The molecule has 0 unspecified atom stereocenters. The fraction of sp³-hybridized carbons (Fsp3) is 0.632. The molecule has 0 radical (unpaired) electrons. The Morgan fingerprint density at radius 2 is 1.86 bits per heavy atom. The highest BCUT2D eigenvalue weighted by Crippen LogP contribution is 2.22. The minimum absolute atomic E-state index is 0.285. The molecule has 2 fully saturated rings. The summed E-state index contributed by atoms with van der Waals surface area (Å²) in [6.45, 7) is 7.41. The second kappa shape index (κ2) is 7.28. The Hall–Kier alpha value is -1.35. The summed E-state index contributed by atoms with van der Waals surface area (Å²) in [5, 5.41) is 0. The van der Waals surface area contributed by atoms with Crippen LogP contribution in [0, 0.1) is 12.8 Å². The molecule has 0 saturated carbocycles. The number of nitrogens with zero attached hydrogens (tertiary/aromatic N) is 2. The van der Waals surface area contributed by atoms with Crippen molar-refractivity contribution in [2.45, 2.75) is 39.0 Å². The summed E-state index contributed by atoms with van der Waals surface area (Å²) in [7, 11) is 0. The van der Waals surface area contributed by atoms with E-state index in [0.717, 1.165) is 52.0 Å². The topological polar surface area (TPSA) is 23.6 Å². The van der Waals surface area contributed by atoms with Gasteiger partial charge in [0.2, 0.25) is 5.91 Å². The number of likely N-dealkylation sites (tertiary alicyclic amines) is 2. The van der Waals surface area contributed by atoms with Crippen LogP contribution in [0.25, 0.3) is 0 Å². The minimum atomic E-state index is 0.285. The lowest BCUT2D eigenvalue weighted by Crippen LogP contribution is -2.42. The van der Waals surface area contributed by atoms with Gasteiger partial charge in [-0.15, -0.1) is 0 Å². The molecule has 3 heteroatoms. The summed E-state index contributed by atoms with van der Waals surface area (Å²) in [6, 6.07) is 8.80. The number of carbonyl (C=O) groups is 1. The maximum Gasteiger partial charge on any atom is 0.225 e. The molecule has 0 aliphatic carbocycles. The molecule has 1 amide bonds. The number of carbonyl (C=O) groups excluding carboxylic acids is 1. The Kier molecular flexibility index (Phi) is 5.14. The van der Waals surface area contributed by atoms with Crippen LogP contribution >= 0.6 is 0 Å². The second-order valence-electron chi connectivity index (χ2n) is 6.89. The highest BCUT2D eigenvalue weighted by atomic mass is 16.2. The summed E-state index contributed by atoms with van der Waals surface area (Å²) in [6.07, 6.45) is 5.60. The molecule has 2 saturated heterocycles. The van der Waals surface area contributed by atoms with Gasteiger partial charge in [0.25, 0.3) is 0 Å². The van der Waals surface area contributed by atoms with Gasteiger partial charge < -0.3 is 9.80 Å². The molecule has 0 aromatic heterocycles. The van der Waals surface area contributed by atoms with Gasteiger partial charge in [0.15, 0.2) is 0 Å². The number of amides is 1. The molecule has 1 aromatic carbocycles. The number of aryl methyl sites for hydroxylation is 1. The van der Waals surface area contributed by atoms with Crippen molar-refractivity contribution in [2.24, 2.45) is 5.92 Å². The zero-order valence-corrected chi connectivity index (χ0v) is 13.8. The minimum Gasteiger partial charge on any atom is -0.342 e. The predicted octanol–water partition coefficient (Wildman–Crippen LogP) is 2.87. The van der Waals surface area contributed by atoms with Gasteiger partial charge in [-0.05, 0) is 57.7 Å². The van der Waals surface area contributed by atoms with Crippen LogP contribution in [0.3, 0.4) is 0 Å². The molecule has 2 aliphatic heterocycles. The van der Waals surface area contributed by atoms with E-state index in [-0.39, 0.29) is 5.92 Å². The second-order valence-corrected chi connectivity index (χ2v) is 6.89. The average molecular weight is 300 g/mol. The van der Waals surface area contributed by atoms with Gasteiger partial charge in [0, 0.05) is 25.6 Å². The summed E-state index contributed by atoms with van der Waals surface area (Å²) in [4.78, 5) is 17.0. The van der Waals surface area contributed by atoms with Gasteiger partial charge in [-0.25, -0.2) is 0 Å². The van der Waals surface area contributed by atoms with E-state index in [9.17, 15) is 4.79 Å². The van der Waals surface area contributed by atoms with Crippen LogP contribution in [0.4, 0.5) is 0 Å². The van der Waals surface area contributed by atoms with Crippen molar-refractivity contribution < 1.29 is 4.79 Å². The number of hydrogen-bond donors (Lipinski definition) is 0. The van der Waals surface area contributed by atoms with Crippen LogP contribution < -0.4 is 0 Å². The molecule has 22 heavy (non-hydrogen) atoms. The molecule has 120 valence electrons. The molecule has 0 atom stereocenters. The van der Waals surface area contributed by atoms with Crippen molar-refractivity contribution in [3.8, 4) is 0 Å². The summed E-state index contributed by atoms with van der Waals surface area (Å²) in [5.74, 6) is 0.712. The van der Waals surface area contributed by atoms with Crippen molar-refractivity contribution in [3.63, 3.8) is 0 Å². The molecule has 0 bridgehead atoms. The van der Waals surface area contributed by atoms with Gasteiger partial charge in [0.1, 0.15) is 0 Å². The third-order valence-electron chi connectivity index (χ3n) is 5.15. The molecule has 3 nitrogen and oxygen atoms in total. The Morgan fingerprint density at radius 1 is 1.14 bits per heavy atom. The van der Waals surface area contributed by atoms with E-state index < -0.39 is 0 Å². The lowest BCUT2D eigenvalue weighted by atomic mass is 9.95. The summed E-state index contributed by atoms with van der Waals surface area (Å²) >= 11 is 0. The Labute approximate surface area is 134 Å². The molecule has 3 rings (SSSR count). The van der Waals surface area contributed by atoms with E-state index in [1.807, 2.05) is 0 Å². The van der Waals surface area contributed by atoms with Crippen LogP contribution in [0.5, 0.6) is 0 Å². The zero-order chi connectivity index (χ0) is 15.4. The van der Waals surface area contributed by atoms with Crippen LogP contribution in [0.1, 0.15) is 36.8 Å². The predicted molar refractivity (Wildman–Crippen MR) is 89.9 cm³/mol. The maximum absolute atomic E-state index is 12.4. The highest BCUT2D eigenvalue weighted by Gasteiger charge is 2.29. The average Bonchev–Trinajstić information content (AvgIpc) is 3.07. The first-order chi connectivity index (χ1) is 10.7. The van der Waals surface area contributed by atoms with Crippen molar-refractivity contribution in [1.82, 2.24) is 9.80 Å². The normalized spacial score (nSPS) is 20.5. The largest absolute Gasteiger partial charge is 0.342 e. The van der Waals surface area contributed by atoms with Crippen LogP contribution in [0.2, 0.25) is 0 Å². The van der Waals surface area contributed by atoms with Crippen molar-refractivity contribution >= 4 is 5.91 Å². The van der Waals surface area contributed by atoms with E-state index in [2.05, 4.69) is 41.0 Å². The first-order valence-corrected chi connectivity index (χ1v) is 8.79. The molecule has 2 heterocycles. The first-order valence-electron chi connectivity index (χ1n) is 8.79. The van der Waals surface area contributed by atoms with E-state index in [0.29, 0.717) is 5.91 Å². The smallest absolute Gasteiger partial charge is 0.225 e. The van der Waals surface area contributed by atoms with Crippen LogP contribution in [-0.2, 0) is 11.2 Å².